The van der Waals surface area contributed by atoms with E-state index in [9.17, 15) is 10.1 Å². The van der Waals surface area contributed by atoms with Gasteiger partial charge in [0.25, 0.3) is 0 Å². The summed E-state index contributed by atoms with van der Waals surface area (Å²) in [7, 11) is 1.63. The summed E-state index contributed by atoms with van der Waals surface area (Å²) < 4.78 is 10.8. The quantitative estimate of drug-likeness (QED) is 0.211. The Hall–Kier alpha value is -4.28. The van der Waals surface area contributed by atoms with Crippen LogP contribution in [0.3, 0.4) is 0 Å². The minimum Gasteiger partial charge on any atom is -0.497 e. The van der Waals surface area contributed by atoms with Gasteiger partial charge in [0.2, 0.25) is 5.91 Å². The van der Waals surface area contributed by atoms with Gasteiger partial charge in [-0.15, -0.1) is 0 Å². The number of carbonyl (C=O) groups is 1. The maximum absolute atomic E-state index is 13.3. The van der Waals surface area contributed by atoms with Crippen LogP contribution < -0.4 is 14.8 Å². The first-order valence-electron chi connectivity index (χ1n) is 12.8. The van der Waals surface area contributed by atoms with E-state index in [1.807, 2.05) is 99.6 Å². The van der Waals surface area contributed by atoms with Crippen molar-refractivity contribution in [3.63, 3.8) is 0 Å². The molecular formula is C32H31N3O3S. The molecule has 6 nitrogen and oxygen atoms in total. The van der Waals surface area contributed by atoms with E-state index in [4.69, 9.17) is 14.5 Å². The summed E-state index contributed by atoms with van der Waals surface area (Å²) in [6, 6.07) is 27.3. The standard InChI is InChI=1S/C32H31N3O3S/c1-5-30(31(36)34-24-13-17-26(18-14-24)38-6-2)39-32-28(20-33)27(22-9-7-21(3)8-10-22)19-29(35-32)23-11-15-25(37-4)16-12-23/h7-19,30H,5-6H2,1-4H3,(H,34,36). The maximum Gasteiger partial charge on any atom is 0.237 e. The second-order valence-corrected chi connectivity index (χ2v) is 10.1. The highest BCUT2D eigenvalue weighted by Gasteiger charge is 2.23. The van der Waals surface area contributed by atoms with E-state index in [1.165, 1.54) is 11.8 Å². The molecule has 0 aliphatic heterocycles. The Morgan fingerprint density at radius 1 is 0.974 bits per heavy atom. The highest BCUT2D eigenvalue weighted by atomic mass is 32.2. The van der Waals surface area contributed by atoms with E-state index in [0.29, 0.717) is 29.3 Å². The molecule has 4 aromatic rings. The summed E-state index contributed by atoms with van der Waals surface area (Å²) in [6.07, 6.45) is 0.562. The third kappa shape index (κ3) is 6.78. The molecule has 1 N–H and O–H groups in total. The third-order valence-electron chi connectivity index (χ3n) is 6.20. The van der Waals surface area contributed by atoms with Gasteiger partial charge < -0.3 is 14.8 Å². The topological polar surface area (TPSA) is 84.2 Å². The van der Waals surface area contributed by atoms with Crippen LogP contribution in [0.5, 0.6) is 11.5 Å². The normalized spacial score (nSPS) is 11.4. The van der Waals surface area contributed by atoms with Gasteiger partial charge in [0, 0.05) is 16.8 Å². The van der Waals surface area contributed by atoms with Gasteiger partial charge in [-0.3, -0.25) is 4.79 Å². The lowest BCUT2D eigenvalue weighted by atomic mass is 9.98. The summed E-state index contributed by atoms with van der Waals surface area (Å²) >= 11 is 1.31. The Kier molecular flexibility index (Phi) is 9.24. The number of nitriles is 1. The van der Waals surface area contributed by atoms with Crippen molar-refractivity contribution in [2.24, 2.45) is 0 Å². The summed E-state index contributed by atoms with van der Waals surface area (Å²) in [6.45, 7) is 6.49. The summed E-state index contributed by atoms with van der Waals surface area (Å²) in [5.74, 6) is 1.35. The van der Waals surface area contributed by atoms with Crippen LogP contribution in [-0.4, -0.2) is 29.9 Å². The van der Waals surface area contributed by atoms with Crippen LogP contribution in [0.25, 0.3) is 22.4 Å². The largest absolute Gasteiger partial charge is 0.497 e. The van der Waals surface area contributed by atoms with Crippen LogP contribution in [0.1, 0.15) is 31.4 Å². The lowest BCUT2D eigenvalue weighted by Crippen LogP contribution is -2.24. The van der Waals surface area contributed by atoms with Crippen LogP contribution >= 0.6 is 11.8 Å². The van der Waals surface area contributed by atoms with Gasteiger partial charge in [-0.2, -0.15) is 5.26 Å². The minimum atomic E-state index is -0.451. The Labute approximate surface area is 234 Å². The van der Waals surface area contributed by atoms with Crippen molar-refractivity contribution >= 4 is 23.4 Å². The molecule has 0 aliphatic carbocycles. The zero-order valence-electron chi connectivity index (χ0n) is 22.5. The predicted octanol–water partition coefficient (Wildman–Crippen LogP) is 7.51. The molecule has 0 bridgehead atoms. The Morgan fingerprint density at radius 2 is 1.62 bits per heavy atom. The lowest BCUT2D eigenvalue weighted by molar-refractivity contribution is -0.115. The average molecular weight is 538 g/mol. The van der Waals surface area contributed by atoms with Gasteiger partial charge in [0.05, 0.1) is 30.2 Å². The van der Waals surface area contributed by atoms with Crippen molar-refractivity contribution in [1.82, 2.24) is 4.98 Å². The molecule has 1 aromatic heterocycles. The molecule has 1 heterocycles. The molecule has 1 amide bonds. The highest BCUT2D eigenvalue weighted by Crippen LogP contribution is 2.37. The number of rotatable bonds is 10. The minimum absolute atomic E-state index is 0.149. The first kappa shape index (κ1) is 27.7. The van der Waals surface area contributed by atoms with Gasteiger partial charge in [-0.1, -0.05) is 48.5 Å². The van der Waals surface area contributed by atoms with E-state index in [2.05, 4.69) is 11.4 Å². The number of ether oxygens (including phenoxy) is 2. The molecule has 0 fully saturated rings. The van der Waals surface area contributed by atoms with Crippen molar-refractivity contribution in [3.8, 4) is 40.0 Å². The number of thioether (sulfide) groups is 1. The van der Waals surface area contributed by atoms with Gasteiger partial charge in [-0.05, 0) is 80.4 Å². The van der Waals surface area contributed by atoms with Crippen LogP contribution in [0.2, 0.25) is 0 Å². The molecule has 0 spiro atoms. The summed E-state index contributed by atoms with van der Waals surface area (Å²) in [5, 5.41) is 13.3. The van der Waals surface area contributed by atoms with Crippen molar-refractivity contribution in [2.75, 3.05) is 19.0 Å². The smallest absolute Gasteiger partial charge is 0.237 e. The van der Waals surface area contributed by atoms with Gasteiger partial charge >= 0.3 is 0 Å². The lowest BCUT2D eigenvalue weighted by Gasteiger charge is -2.18. The molecule has 1 atom stereocenters. The zero-order valence-corrected chi connectivity index (χ0v) is 23.3. The summed E-state index contributed by atoms with van der Waals surface area (Å²) in [5.41, 5.74) is 5.58. The molecule has 0 saturated carbocycles. The first-order valence-corrected chi connectivity index (χ1v) is 13.7. The number of nitrogens with zero attached hydrogens (tertiary/aromatic N) is 2. The van der Waals surface area contributed by atoms with E-state index < -0.39 is 5.25 Å². The Morgan fingerprint density at radius 3 is 2.21 bits per heavy atom. The fraction of sp³-hybridized carbons (Fsp3) is 0.219. The van der Waals surface area contributed by atoms with Crippen LogP contribution in [-0.2, 0) is 4.79 Å². The number of benzene rings is 3. The van der Waals surface area contributed by atoms with E-state index in [-0.39, 0.29) is 5.91 Å². The molecule has 0 aliphatic rings. The molecule has 1 unspecified atom stereocenters. The second kappa shape index (κ2) is 13.0. The number of hydrogen-bond acceptors (Lipinski definition) is 6. The number of aromatic nitrogens is 1. The molecule has 7 heteroatoms. The Balaban J connectivity index is 1.71. The number of hydrogen-bond donors (Lipinski definition) is 1. The van der Waals surface area contributed by atoms with Crippen molar-refractivity contribution in [2.45, 2.75) is 37.5 Å². The molecule has 4 rings (SSSR count). The maximum atomic E-state index is 13.3. The van der Waals surface area contributed by atoms with Gasteiger partial charge in [-0.25, -0.2) is 4.98 Å². The van der Waals surface area contributed by atoms with Crippen molar-refractivity contribution in [3.05, 3.63) is 90.0 Å². The number of methoxy groups -OCH3 is 1. The van der Waals surface area contributed by atoms with Crippen LogP contribution in [0.15, 0.2) is 83.9 Å². The number of aryl methyl sites for hydroxylation is 1. The number of anilines is 1. The summed E-state index contributed by atoms with van der Waals surface area (Å²) in [4.78, 5) is 18.2. The Bertz CT molecular complexity index is 1460. The molecule has 39 heavy (non-hydrogen) atoms. The fourth-order valence-corrected chi connectivity index (χ4v) is 5.09. The van der Waals surface area contributed by atoms with E-state index in [1.54, 1.807) is 7.11 Å². The number of amides is 1. The number of nitrogens with one attached hydrogen (secondary N) is 1. The van der Waals surface area contributed by atoms with E-state index in [0.717, 1.165) is 39.4 Å². The molecule has 198 valence electrons. The van der Waals surface area contributed by atoms with Crippen molar-refractivity contribution < 1.29 is 14.3 Å². The van der Waals surface area contributed by atoms with Crippen LogP contribution in [0.4, 0.5) is 5.69 Å². The average Bonchev–Trinajstić information content (AvgIpc) is 2.97. The van der Waals surface area contributed by atoms with Gasteiger partial charge in [0.1, 0.15) is 22.6 Å². The molecule has 0 saturated heterocycles. The number of pyridine rings is 1. The number of carbonyl (C=O) groups excluding carboxylic acids is 1. The first-order chi connectivity index (χ1) is 18.9. The van der Waals surface area contributed by atoms with Crippen LogP contribution in [0, 0.1) is 18.3 Å². The van der Waals surface area contributed by atoms with E-state index >= 15 is 0 Å². The fourth-order valence-electron chi connectivity index (χ4n) is 4.07. The zero-order chi connectivity index (χ0) is 27.8. The molecule has 3 aromatic carbocycles. The predicted molar refractivity (Wildman–Crippen MR) is 157 cm³/mol. The third-order valence-corrected chi connectivity index (χ3v) is 7.55. The highest BCUT2D eigenvalue weighted by molar-refractivity contribution is 8.00. The van der Waals surface area contributed by atoms with Crippen molar-refractivity contribution in [1.29, 1.82) is 5.26 Å². The molecule has 0 radical (unpaired) electrons. The second-order valence-electron chi connectivity index (χ2n) is 8.90. The monoisotopic (exact) mass is 537 g/mol. The SMILES string of the molecule is CCOc1ccc(NC(=O)C(CC)Sc2nc(-c3ccc(OC)cc3)cc(-c3ccc(C)cc3)c2C#N)cc1. The van der Waals surface area contributed by atoms with Gasteiger partial charge in [0.15, 0.2) is 0 Å². The molecular weight excluding hydrogens is 506 g/mol.